The summed E-state index contributed by atoms with van der Waals surface area (Å²) in [7, 11) is 0. The maximum Gasteiger partial charge on any atom is 0.440 e. The molecule has 2 atom stereocenters. The SMILES string of the molecule is CC(C)(C)c1ccnc(C2(C(F)(F)F)N=NC(C(=O)O)(C(F)(F)F)N2)c1. The number of aliphatic carboxylic acids is 1. The van der Waals surface area contributed by atoms with Crippen LogP contribution in [0.4, 0.5) is 26.3 Å². The van der Waals surface area contributed by atoms with Gasteiger partial charge < -0.3 is 5.11 Å². The third kappa shape index (κ3) is 2.91. The summed E-state index contributed by atoms with van der Waals surface area (Å²) < 4.78 is 80.7. The van der Waals surface area contributed by atoms with Crippen LogP contribution in [-0.2, 0) is 15.9 Å². The quantitative estimate of drug-likeness (QED) is 0.765. The molecule has 2 unspecified atom stereocenters. The Balaban J connectivity index is 2.69. The van der Waals surface area contributed by atoms with Crippen LogP contribution in [0.5, 0.6) is 0 Å². The number of aromatic nitrogens is 1. The topological polar surface area (TPSA) is 86.9 Å². The van der Waals surface area contributed by atoms with Crippen molar-refractivity contribution in [2.75, 3.05) is 0 Å². The summed E-state index contributed by atoms with van der Waals surface area (Å²) in [6.07, 6.45) is -10.1. The summed E-state index contributed by atoms with van der Waals surface area (Å²) in [5, 5.41) is 15.1. The van der Waals surface area contributed by atoms with Gasteiger partial charge in [0.05, 0.1) is 5.69 Å². The van der Waals surface area contributed by atoms with E-state index < -0.39 is 40.8 Å². The lowest BCUT2D eigenvalue weighted by Gasteiger charge is -2.32. The van der Waals surface area contributed by atoms with Gasteiger partial charge in [-0.3, -0.25) is 4.98 Å². The first-order valence-electron chi connectivity index (χ1n) is 7.14. The normalized spacial score (nSPS) is 27.0. The Kier molecular flexibility index (Phi) is 4.35. The lowest BCUT2D eigenvalue weighted by atomic mass is 9.86. The van der Waals surface area contributed by atoms with Crippen molar-refractivity contribution in [3.63, 3.8) is 0 Å². The molecular weight excluding hydrogens is 370 g/mol. The van der Waals surface area contributed by atoms with Crippen molar-refractivity contribution in [3.05, 3.63) is 29.6 Å². The first-order valence-corrected chi connectivity index (χ1v) is 7.14. The van der Waals surface area contributed by atoms with Crippen LogP contribution < -0.4 is 5.32 Å². The molecule has 0 aliphatic carbocycles. The minimum atomic E-state index is -5.67. The lowest BCUT2D eigenvalue weighted by Crippen LogP contribution is -2.66. The van der Waals surface area contributed by atoms with E-state index in [1.54, 1.807) is 20.8 Å². The molecular formula is C14H14F6N4O2. The molecule has 0 aromatic carbocycles. The van der Waals surface area contributed by atoms with Crippen molar-refractivity contribution >= 4 is 5.97 Å². The molecule has 1 aliphatic heterocycles. The van der Waals surface area contributed by atoms with E-state index in [1.807, 2.05) is 0 Å². The Hall–Kier alpha value is -2.24. The first kappa shape index (κ1) is 20.1. The van der Waals surface area contributed by atoms with Gasteiger partial charge in [-0.1, -0.05) is 20.8 Å². The Bertz CT molecular complexity index is 755. The van der Waals surface area contributed by atoms with Gasteiger partial charge in [0.2, 0.25) is 0 Å². The summed E-state index contributed by atoms with van der Waals surface area (Å²) >= 11 is 0. The number of carboxylic acid groups (broad SMARTS) is 1. The molecule has 144 valence electrons. The summed E-state index contributed by atoms with van der Waals surface area (Å²) in [6.45, 7) is 5.02. The number of carbonyl (C=O) groups is 1. The smallest absolute Gasteiger partial charge is 0.440 e. The van der Waals surface area contributed by atoms with Gasteiger partial charge in [0.1, 0.15) is 0 Å². The van der Waals surface area contributed by atoms with Gasteiger partial charge in [0.25, 0.3) is 5.66 Å². The van der Waals surface area contributed by atoms with Gasteiger partial charge >= 0.3 is 24.0 Å². The second-order valence-electron chi connectivity index (χ2n) is 6.73. The number of rotatable bonds is 2. The van der Waals surface area contributed by atoms with E-state index in [0.29, 0.717) is 5.56 Å². The average Bonchev–Trinajstić information content (AvgIpc) is 2.89. The summed E-state index contributed by atoms with van der Waals surface area (Å²) in [4.78, 5) is 14.6. The number of hydrogen-bond acceptors (Lipinski definition) is 5. The Morgan fingerprint density at radius 3 is 2.04 bits per heavy atom. The molecule has 2 heterocycles. The molecule has 6 nitrogen and oxygen atoms in total. The van der Waals surface area contributed by atoms with Crippen molar-refractivity contribution < 1.29 is 36.2 Å². The summed E-state index contributed by atoms with van der Waals surface area (Å²) in [5.74, 6) is -2.66. The molecule has 12 heteroatoms. The highest BCUT2D eigenvalue weighted by Gasteiger charge is 2.74. The molecule has 0 saturated carbocycles. The number of pyridine rings is 1. The van der Waals surface area contributed by atoms with E-state index in [0.717, 1.165) is 17.6 Å². The third-order valence-electron chi connectivity index (χ3n) is 3.84. The fourth-order valence-electron chi connectivity index (χ4n) is 2.29. The van der Waals surface area contributed by atoms with Gasteiger partial charge in [0, 0.05) is 6.20 Å². The first-order chi connectivity index (χ1) is 11.6. The fraction of sp³-hybridized carbons (Fsp3) is 0.571. The van der Waals surface area contributed by atoms with E-state index in [4.69, 9.17) is 5.11 Å². The highest BCUT2D eigenvalue weighted by Crippen LogP contribution is 2.49. The van der Waals surface area contributed by atoms with Crippen LogP contribution in [0.1, 0.15) is 32.0 Å². The molecule has 1 aromatic heterocycles. The highest BCUT2D eigenvalue weighted by atomic mass is 19.4. The minimum absolute atomic E-state index is 0.336. The highest BCUT2D eigenvalue weighted by molar-refractivity contribution is 5.80. The zero-order valence-electron chi connectivity index (χ0n) is 13.7. The molecule has 1 aliphatic rings. The van der Waals surface area contributed by atoms with Crippen LogP contribution >= 0.6 is 0 Å². The van der Waals surface area contributed by atoms with Gasteiger partial charge in [-0.25, -0.2) is 10.1 Å². The van der Waals surface area contributed by atoms with Crippen LogP contribution in [0.25, 0.3) is 0 Å². The van der Waals surface area contributed by atoms with E-state index in [2.05, 4.69) is 15.2 Å². The van der Waals surface area contributed by atoms with Crippen molar-refractivity contribution in [2.45, 2.75) is 49.9 Å². The maximum absolute atomic E-state index is 13.7. The van der Waals surface area contributed by atoms with Crippen molar-refractivity contribution in [3.8, 4) is 0 Å². The van der Waals surface area contributed by atoms with Gasteiger partial charge in [-0.2, -0.15) is 31.5 Å². The Morgan fingerprint density at radius 2 is 1.65 bits per heavy atom. The van der Waals surface area contributed by atoms with E-state index in [9.17, 15) is 31.1 Å². The van der Waals surface area contributed by atoms with Gasteiger partial charge in [-0.05, 0) is 23.1 Å². The van der Waals surface area contributed by atoms with Gasteiger partial charge in [0.15, 0.2) is 0 Å². The summed E-state index contributed by atoms with van der Waals surface area (Å²) in [5.41, 5.74) is -9.23. The van der Waals surface area contributed by atoms with Crippen molar-refractivity contribution in [1.29, 1.82) is 0 Å². The average molecular weight is 384 g/mol. The predicted molar refractivity (Wildman–Crippen MR) is 75.1 cm³/mol. The molecule has 26 heavy (non-hydrogen) atoms. The van der Waals surface area contributed by atoms with Crippen molar-refractivity contribution in [2.24, 2.45) is 10.2 Å². The monoisotopic (exact) mass is 384 g/mol. The number of nitrogens with one attached hydrogen (secondary N) is 1. The van der Waals surface area contributed by atoms with Crippen LogP contribution in [-0.4, -0.2) is 34.1 Å². The van der Waals surface area contributed by atoms with Crippen molar-refractivity contribution in [1.82, 2.24) is 10.3 Å². The lowest BCUT2D eigenvalue weighted by molar-refractivity contribution is -0.231. The Morgan fingerprint density at radius 1 is 1.08 bits per heavy atom. The van der Waals surface area contributed by atoms with Gasteiger partial charge in [-0.15, -0.1) is 5.11 Å². The van der Waals surface area contributed by atoms with Crippen LogP contribution in [0.2, 0.25) is 0 Å². The molecule has 0 saturated heterocycles. The third-order valence-corrected chi connectivity index (χ3v) is 3.84. The molecule has 0 radical (unpaired) electrons. The second kappa shape index (κ2) is 5.63. The zero-order valence-corrected chi connectivity index (χ0v) is 13.7. The number of alkyl halides is 6. The molecule has 0 bridgehead atoms. The molecule has 0 amide bonds. The zero-order chi connectivity index (χ0) is 20.2. The van der Waals surface area contributed by atoms with E-state index >= 15 is 0 Å². The standard InChI is InChI=1S/C14H14F6N4O2/c1-10(2,3)7-4-5-21-8(6-7)11(13(15,16)17)22-12(9(25)26,24-23-11)14(18,19)20/h4-6,22H,1-3H3,(H,25,26). The Labute approximate surface area is 143 Å². The summed E-state index contributed by atoms with van der Waals surface area (Å²) in [6, 6.07) is 2.32. The van der Waals surface area contributed by atoms with Crippen LogP contribution in [0.15, 0.2) is 28.6 Å². The predicted octanol–water partition coefficient (Wildman–Crippen LogP) is 3.49. The van der Waals surface area contributed by atoms with E-state index in [1.165, 1.54) is 6.07 Å². The molecule has 0 spiro atoms. The maximum atomic E-state index is 13.7. The van der Waals surface area contributed by atoms with E-state index in [-0.39, 0.29) is 0 Å². The number of nitrogens with zero attached hydrogens (tertiary/aromatic N) is 3. The largest absolute Gasteiger partial charge is 0.478 e. The molecule has 1 aromatic rings. The number of halogens is 6. The molecule has 0 fully saturated rings. The number of carboxylic acids is 1. The van der Waals surface area contributed by atoms with Crippen LogP contribution in [0, 0.1) is 0 Å². The molecule has 2 rings (SSSR count). The number of hydrogen-bond donors (Lipinski definition) is 2. The van der Waals surface area contributed by atoms with Crippen LogP contribution in [0.3, 0.4) is 0 Å². The second-order valence-corrected chi connectivity index (χ2v) is 6.73. The minimum Gasteiger partial charge on any atom is -0.478 e. The molecule has 2 N–H and O–H groups in total. The number of azo groups is 1. The fourth-order valence-corrected chi connectivity index (χ4v) is 2.29.